The van der Waals surface area contributed by atoms with E-state index in [0.29, 0.717) is 11.8 Å². The Hall–Kier alpha value is -1.77. The minimum atomic E-state index is -3.77. The van der Waals surface area contributed by atoms with Crippen molar-refractivity contribution in [2.45, 2.75) is 11.9 Å². The highest BCUT2D eigenvalue weighted by Gasteiger charge is 2.18. The number of rotatable bonds is 7. The van der Waals surface area contributed by atoms with Crippen molar-refractivity contribution in [3.05, 3.63) is 59.6 Å². The SMILES string of the molecule is COC(CNS(=O)(=O)Cc1cc(F)cc(F)c1)c1ccco1. The molecule has 5 nitrogen and oxygen atoms in total. The molecule has 1 atom stereocenters. The molecule has 22 heavy (non-hydrogen) atoms. The van der Waals surface area contributed by atoms with Crippen molar-refractivity contribution in [2.75, 3.05) is 13.7 Å². The third kappa shape index (κ3) is 4.62. The number of methoxy groups -OCH3 is 1. The molecule has 8 heteroatoms. The molecule has 1 N–H and O–H groups in total. The van der Waals surface area contributed by atoms with Crippen LogP contribution in [0.15, 0.2) is 41.0 Å². The molecule has 2 rings (SSSR count). The molecule has 0 radical (unpaired) electrons. The molecule has 2 aromatic rings. The summed E-state index contributed by atoms with van der Waals surface area (Å²) in [5, 5.41) is 0. The monoisotopic (exact) mass is 331 g/mol. The molecule has 0 saturated heterocycles. The number of hydrogen-bond donors (Lipinski definition) is 1. The summed E-state index contributed by atoms with van der Waals surface area (Å²) >= 11 is 0. The zero-order chi connectivity index (χ0) is 16.2. The average molecular weight is 331 g/mol. The predicted octanol–water partition coefficient (Wildman–Crippen LogP) is 2.36. The molecule has 0 aliphatic carbocycles. The Kier molecular flexibility index (Phi) is 5.28. The van der Waals surface area contributed by atoms with Gasteiger partial charge in [0.25, 0.3) is 0 Å². The second-order valence-corrected chi connectivity index (χ2v) is 6.43. The molecule has 0 amide bonds. The van der Waals surface area contributed by atoms with Crippen molar-refractivity contribution in [2.24, 2.45) is 0 Å². The maximum atomic E-state index is 13.1. The van der Waals surface area contributed by atoms with Gasteiger partial charge in [0.1, 0.15) is 23.5 Å². The van der Waals surface area contributed by atoms with E-state index in [1.807, 2.05) is 0 Å². The van der Waals surface area contributed by atoms with Crippen molar-refractivity contribution in [3.63, 3.8) is 0 Å². The van der Waals surface area contributed by atoms with Gasteiger partial charge in [-0.2, -0.15) is 0 Å². The van der Waals surface area contributed by atoms with Gasteiger partial charge < -0.3 is 9.15 Å². The van der Waals surface area contributed by atoms with E-state index in [4.69, 9.17) is 9.15 Å². The Balaban J connectivity index is 2.01. The molecular formula is C14H15F2NO4S. The van der Waals surface area contributed by atoms with Crippen LogP contribution >= 0.6 is 0 Å². The number of halogens is 2. The first-order valence-electron chi connectivity index (χ1n) is 6.38. The number of ether oxygens (including phenoxy) is 1. The molecule has 0 aliphatic rings. The van der Waals surface area contributed by atoms with Crippen LogP contribution in [0, 0.1) is 11.6 Å². The van der Waals surface area contributed by atoms with Crippen LogP contribution in [0.4, 0.5) is 8.78 Å². The van der Waals surface area contributed by atoms with Crippen LogP contribution in [0.2, 0.25) is 0 Å². The number of hydrogen-bond acceptors (Lipinski definition) is 4. The molecule has 1 aromatic heterocycles. The largest absolute Gasteiger partial charge is 0.467 e. The summed E-state index contributed by atoms with van der Waals surface area (Å²) < 4.78 is 62.7. The zero-order valence-corrected chi connectivity index (χ0v) is 12.6. The van der Waals surface area contributed by atoms with Gasteiger partial charge in [0, 0.05) is 19.7 Å². The molecule has 1 unspecified atom stereocenters. The van der Waals surface area contributed by atoms with Crippen molar-refractivity contribution in [3.8, 4) is 0 Å². The lowest BCUT2D eigenvalue weighted by atomic mass is 10.2. The summed E-state index contributed by atoms with van der Waals surface area (Å²) in [5.74, 6) is -1.70. The van der Waals surface area contributed by atoms with Gasteiger partial charge in [-0.05, 0) is 29.8 Å². The van der Waals surface area contributed by atoms with Crippen LogP contribution in [0.25, 0.3) is 0 Å². The maximum Gasteiger partial charge on any atom is 0.215 e. The molecule has 1 heterocycles. The first-order valence-corrected chi connectivity index (χ1v) is 8.03. The van der Waals surface area contributed by atoms with Crippen LogP contribution in [-0.2, 0) is 20.5 Å². The van der Waals surface area contributed by atoms with Crippen molar-refractivity contribution in [1.82, 2.24) is 4.72 Å². The minimum Gasteiger partial charge on any atom is -0.467 e. The topological polar surface area (TPSA) is 68.5 Å². The Bertz CT molecular complexity index is 696. The van der Waals surface area contributed by atoms with E-state index in [0.717, 1.165) is 12.1 Å². The number of furan rings is 1. The Morgan fingerprint density at radius 2 is 1.95 bits per heavy atom. The van der Waals surface area contributed by atoms with Gasteiger partial charge in [-0.3, -0.25) is 0 Å². The second-order valence-electron chi connectivity index (χ2n) is 4.63. The molecule has 0 bridgehead atoms. The highest BCUT2D eigenvalue weighted by atomic mass is 32.2. The van der Waals surface area contributed by atoms with E-state index in [1.54, 1.807) is 12.1 Å². The Morgan fingerprint density at radius 3 is 2.50 bits per heavy atom. The fourth-order valence-electron chi connectivity index (χ4n) is 1.94. The standard InChI is InChI=1S/C14H15F2NO4S/c1-20-14(13-3-2-4-21-13)8-17-22(18,19)9-10-5-11(15)7-12(16)6-10/h2-7,14,17H,8-9H2,1H3. The molecule has 0 saturated carbocycles. The number of sulfonamides is 1. The van der Waals surface area contributed by atoms with E-state index in [1.165, 1.54) is 13.4 Å². The summed E-state index contributed by atoms with van der Waals surface area (Å²) in [6, 6.07) is 5.95. The van der Waals surface area contributed by atoms with Crippen LogP contribution in [0.1, 0.15) is 17.4 Å². The van der Waals surface area contributed by atoms with Gasteiger partial charge in [-0.1, -0.05) is 0 Å². The van der Waals surface area contributed by atoms with Crippen molar-refractivity contribution < 1.29 is 26.4 Å². The average Bonchev–Trinajstić information content (AvgIpc) is 2.91. The predicted molar refractivity (Wildman–Crippen MR) is 75.4 cm³/mol. The fourth-order valence-corrected chi connectivity index (χ4v) is 3.05. The summed E-state index contributed by atoms with van der Waals surface area (Å²) in [6.07, 6.45) is 0.861. The van der Waals surface area contributed by atoms with Crippen molar-refractivity contribution in [1.29, 1.82) is 0 Å². The third-order valence-electron chi connectivity index (χ3n) is 2.91. The van der Waals surface area contributed by atoms with E-state index < -0.39 is 33.5 Å². The lowest BCUT2D eigenvalue weighted by Gasteiger charge is -2.14. The molecule has 0 fully saturated rings. The maximum absolute atomic E-state index is 13.1. The first-order chi connectivity index (χ1) is 10.4. The molecular weight excluding hydrogens is 316 g/mol. The van der Waals surface area contributed by atoms with Crippen LogP contribution in [0.3, 0.4) is 0 Å². The minimum absolute atomic E-state index is 0.0250. The highest BCUT2D eigenvalue weighted by molar-refractivity contribution is 7.88. The number of nitrogens with one attached hydrogen (secondary N) is 1. The fraction of sp³-hybridized carbons (Fsp3) is 0.286. The van der Waals surface area contributed by atoms with E-state index in [2.05, 4.69) is 4.72 Å². The normalized spacial score (nSPS) is 13.2. The smallest absolute Gasteiger partial charge is 0.215 e. The van der Waals surface area contributed by atoms with E-state index in [-0.39, 0.29) is 12.1 Å². The zero-order valence-electron chi connectivity index (χ0n) is 11.8. The summed E-state index contributed by atoms with van der Waals surface area (Å²) in [6.45, 7) is -0.0514. The van der Waals surface area contributed by atoms with Gasteiger partial charge in [-0.15, -0.1) is 0 Å². The third-order valence-corrected chi connectivity index (χ3v) is 4.23. The van der Waals surface area contributed by atoms with Crippen molar-refractivity contribution >= 4 is 10.0 Å². The molecule has 0 aliphatic heterocycles. The first kappa shape index (κ1) is 16.6. The quantitative estimate of drug-likeness (QED) is 0.846. The van der Waals surface area contributed by atoms with Gasteiger partial charge in [0.15, 0.2) is 0 Å². The lowest BCUT2D eigenvalue weighted by Crippen LogP contribution is -2.30. The summed E-state index contributed by atoms with van der Waals surface area (Å²) in [5.41, 5.74) is 0.0250. The second kappa shape index (κ2) is 6.99. The summed E-state index contributed by atoms with van der Waals surface area (Å²) in [7, 11) is -2.35. The van der Waals surface area contributed by atoms with Gasteiger partial charge in [0.2, 0.25) is 10.0 Å². The number of benzene rings is 1. The van der Waals surface area contributed by atoms with Crippen LogP contribution in [0.5, 0.6) is 0 Å². The summed E-state index contributed by atoms with van der Waals surface area (Å²) in [4.78, 5) is 0. The van der Waals surface area contributed by atoms with E-state index in [9.17, 15) is 17.2 Å². The van der Waals surface area contributed by atoms with Gasteiger partial charge >= 0.3 is 0 Å². The Labute approximate surface area is 126 Å². The molecule has 120 valence electrons. The molecule has 1 aromatic carbocycles. The van der Waals surface area contributed by atoms with E-state index >= 15 is 0 Å². The molecule has 0 spiro atoms. The Morgan fingerprint density at radius 1 is 1.27 bits per heavy atom. The van der Waals surface area contributed by atoms with Gasteiger partial charge in [0.05, 0.1) is 12.0 Å². The lowest BCUT2D eigenvalue weighted by molar-refractivity contribution is 0.0878. The highest BCUT2D eigenvalue weighted by Crippen LogP contribution is 2.17. The van der Waals surface area contributed by atoms with Crippen LogP contribution in [-0.4, -0.2) is 22.1 Å². The van der Waals surface area contributed by atoms with Crippen LogP contribution < -0.4 is 4.72 Å². The van der Waals surface area contributed by atoms with Gasteiger partial charge in [-0.25, -0.2) is 21.9 Å².